The molecule has 0 aliphatic carbocycles. The molecule has 0 aliphatic heterocycles. The summed E-state index contributed by atoms with van der Waals surface area (Å²) in [4.78, 5) is 25.7. The lowest BCUT2D eigenvalue weighted by Crippen LogP contribution is -2.22. The maximum absolute atomic E-state index is 11.9. The van der Waals surface area contributed by atoms with E-state index >= 15 is 0 Å². The van der Waals surface area contributed by atoms with Crippen molar-refractivity contribution in [3.05, 3.63) is 46.2 Å². The predicted molar refractivity (Wildman–Crippen MR) is 77.5 cm³/mol. The highest BCUT2D eigenvalue weighted by atomic mass is 16.5. The van der Waals surface area contributed by atoms with E-state index in [0.29, 0.717) is 31.5 Å². The van der Waals surface area contributed by atoms with Crippen molar-refractivity contribution in [1.82, 2.24) is 10.3 Å². The molecule has 0 spiro atoms. The average Bonchev–Trinajstić information content (AvgIpc) is 2.47. The van der Waals surface area contributed by atoms with Gasteiger partial charge < -0.3 is 15.0 Å². The standard InChI is InChI=1S/C15H18N2O3/c1-20-14(18)7-4-8-16-10-12-9-11-5-2-3-6-13(11)17-15(12)19/h2-3,5-6,9,16H,4,7-8,10H2,1H3,(H,17,19). The number of hydrogen-bond acceptors (Lipinski definition) is 4. The molecule has 1 heterocycles. The van der Waals surface area contributed by atoms with Gasteiger partial charge in [0, 0.05) is 24.0 Å². The van der Waals surface area contributed by atoms with Gasteiger partial charge in [-0.25, -0.2) is 0 Å². The van der Waals surface area contributed by atoms with E-state index in [2.05, 4.69) is 15.0 Å². The zero-order chi connectivity index (χ0) is 14.4. The van der Waals surface area contributed by atoms with Crippen molar-refractivity contribution >= 4 is 16.9 Å². The van der Waals surface area contributed by atoms with Gasteiger partial charge in [0.1, 0.15) is 0 Å². The summed E-state index contributed by atoms with van der Waals surface area (Å²) in [7, 11) is 1.38. The zero-order valence-corrected chi connectivity index (χ0v) is 11.4. The number of carbonyl (C=O) groups is 1. The first-order chi connectivity index (χ1) is 9.70. The third-order valence-corrected chi connectivity index (χ3v) is 3.11. The summed E-state index contributed by atoms with van der Waals surface area (Å²) in [6.07, 6.45) is 1.08. The van der Waals surface area contributed by atoms with Gasteiger partial charge in [-0.1, -0.05) is 18.2 Å². The van der Waals surface area contributed by atoms with E-state index < -0.39 is 0 Å². The first kappa shape index (κ1) is 14.3. The first-order valence-corrected chi connectivity index (χ1v) is 6.59. The van der Waals surface area contributed by atoms with E-state index in [4.69, 9.17) is 0 Å². The molecule has 106 valence electrons. The molecule has 1 aromatic heterocycles. The van der Waals surface area contributed by atoms with Crippen molar-refractivity contribution in [1.29, 1.82) is 0 Å². The number of rotatable bonds is 6. The minimum Gasteiger partial charge on any atom is -0.469 e. The number of aromatic nitrogens is 1. The van der Waals surface area contributed by atoms with Crippen LogP contribution >= 0.6 is 0 Å². The molecule has 20 heavy (non-hydrogen) atoms. The third-order valence-electron chi connectivity index (χ3n) is 3.11. The number of para-hydroxylation sites is 1. The smallest absolute Gasteiger partial charge is 0.305 e. The molecule has 0 amide bonds. The van der Waals surface area contributed by atoms with Gasteiger partial charge >= 0.3 is 5.97 Å². The third kappa shape index (κ3) is 3.68. The second kappa shape index (κ2) is 6.86. The normalized spacial score (nSPS) is 10.7. The molecule has 0 bridgehead atoms. The van der Waals surface area contributed by atoms with Gasteiger partial charge in [-0.2, -0.15) is 0 Å². The van der Waals surface area contributed by atoms with Crippen LogP contribution in [0.5, 0.6) is 0 Å². The van der Waals surface area contributed by atoms with Crippen LogP contribution in [-0.4, -0.2) is 24.6 Å². The number of esters is 1. The number of carbonyl (C=O) groups excluding carboxylic acids is 1. The molecule has 1 aromatic carbocycles. The Kier molecular flexibility index (Phi) is 4.90. The summed E-state index contributed by atoms with van der Waals surface area (Å²) in [5, 5.41) is 4.17. The molecule has 0 fully saturated rings. The highest BCUT2D eigenvalue weighted by molar-refractivity contribution is 5.78. The second-order valence-electron chi connectivity index (χ2n) is 4.57. The lowest BCUT2D eigenvalue weighted by Gasteiger charge is -2.05. The summed E-state index contributed by atoms with van der Waals surface area (Å²) >= 11 is 0. The van der Waals surface area contributed by atoms with Gasteiger partial charge in [-0.05, 0) is 30.5 Å². The topological polar surface area (TPSA) is 71.2 Å². The molecular weight excluding hydrogens is 256 g/mol. The van der Waals surface area contributed by atoms with Gasteiger partial charge in [0.2, 0.25) is 0 Å². The number of ether oxygens (including phenoxy) is 1. The van der Waals surface area contributed by atoms with E-state index in [1.54, 1.807) is 0 Å². The molecule has 0 radical (unpaired) electrons. The number of H-pyrrole nitrogens is 1. The number of nitrogens with one attached hydrogen (secondary N) is 2. The van der Waals surface area contributed by atoms with Crippen molar-refractivity contribution in [2.24, 2.45) is 0 Å². The van der Waals surface area contributed by atoms with E-state index in [-0.39, 0.29) is 11.5 Å². The Balaban J connectivity index is 1.91. The average molecular weight is 274 g/mol. The Labute approximate surface area is 117 Å². The van der Waals surface area contributed by atoms with Crippen LogP contribution in [-0.2, 0) is 16.1 Å². The van der Waals surface area contributed by atoms with Gasteiger partial charge in [0.15, 0.2) is 0 Å². The maximum atomic E-state index is 11.9. The van der Waals surface area contributed by atoms with Crippen LogP contribution in [0.4, 0.5) is 0 Å². The number of aromatic amines is 1. The fourth-order valence-electron chi connectivity index (χ4n) is 2.01. The SMILES string of the molecule is COC(=O)CCCNCc1cc2ccccc2[nH]c1=O. The molecule has 2 aromatic rings. The van der Waals surface area contributed by atoms with Crippen LogP contribution in [0.1, 0.15) is 18.4 Å². The number of fused-ring (bicyclic) bond motifs is 1. The molecule has 5 heteroatoms. The van der Waals surface area contributed by atoms with E-state index in [0.717, 1.165) is 10.9 Å². The lowest BCUT2D eigenvalue weighted by molar-refractivity contribution is -0.140. The number of benzene rings is 1. The van der Waals surface area contributed by atoms with Crippen molar-refractivity contribution in [3.8, 4) is 0 Å². The lowest BCUT2D eigenvalue weighted by atomic mass is 10.1. The zero-order valence-electron chi connectivity index (χ0n) is 11.4. The highest BCUT2D eigenvalue weighted by Crippen LogP contribution is 2.09. The van der Waals surface area contributed by atoms with Gasteiger partial charge in [0.05, 0.1) is 7.11 Å². The quantitative estimate of drug-likeness (QED) is 0.619. The Morgan fingerprint density at radius 2 is 2.15 bits per heavy atom. The fraction of sp³-hybridized carbons (Fsp3) is 0.333. The van der Waals surface area contributed by atoms with E-state index in [9.17, 15) is 9.59 Å². The van der Waals surface area contributed by atoms with Crippen LogP contribution in [0, 0.1) is 0 Å². The number of hydrogen-bond donors (Lipinski definition) is 2. The molecule has 0 atom stereocenters. The van der Waals surface area contributed by atoms with Crippen LogP contribution in [0.2, 0.25) is 0 Å². The Morgan fingerprint density at radius 1 is 1.35 bits per heavy atom. The summed E-state index contributed by atoms with van der Waals surface area (Å²) in [6, 6.07) is 9.56. The Bertz CT molecular complexity index is 649. The summed E-state index contributed by atoms with van der Waals surface area (Å²) in [5.41, 5.74) is 1.46. The van der Waals surface area contributed by atoms with Gasteiger partial charge in [-0.3, -0.25) is 9.59 Å². The molecule has 0 aliphatic rings. The summed E-state index contributed by atoms with van der Waals surface area (Å²) < 4.78 is 4.56. The second-order valence-corrected chi connectivity index (χ2v) is 4.57. The first-order valence-electron chi connectivity index (χ1n) is 6.59. The van der Waals surface area contributed by atoms with E-state index in [1.165, 1.54) is 7.11 Å². The number of pyridine rings is 1. The van der Waals surface area contributed by atoms with E-state index in [1.807, 2.05) is 30.3 Å². The van der Waals surface area contributed by atoms with Crippen molar-refractivity contribution in [2.45, 2.75) is 19.4 Å². The summed E-state index contributed by atoms with van der Waals surface area (Å²) in [5.74, 6) is -0.213. The Morgan fingerprint density at radius 3 is 2.95 bits per heavy atom. The molecule has 2 N–H and O–H groups in total. The highest BCUT2D eigenvalue weighted by Gasteiger charge is 2.03. The van der Waals surface area contributed by atoms with Crippen molar-refractivity contribution in [2.75, 3.05) is 13.7 Å². The number of methoxy groups -OCH3 is 1. The van der Waals surface area contributed by atoms with Crippen LogP contribution in [0.25, 0.3) is 10.9 Å². The predicted octanol–water partition coefficient (Wildman–Crippen LogP) is 1.57. The molecule has 0 saturated carbocycles. The van der Waals surface area contributed by atoms with Crippen molar-refractivity contribution < 1.29 is 9.53 Å². The van der Waals surface area contributed by atoms with Gasteiger partial charge in [0.25, 0.3) is 5.56 Å². The fourth-order valence-corrected chi connectivity index (χ4v) is 2.01. The minimum absolute atomic E-state index is 0.0795. The molecular formula is C15H18N2O3. The molecule has 2 rings (SSSR count). The summed E-state index contributed by atoms with van der Waals surface area (Å²) in [6.45, 7) is 1.16. The van der Waals surface area contributed by atoms with Gasteiger partial charge in [-0.15, -0.1) is 0 Å². The largest absolute Gasteiger partial charge is 0.469 e. The molecule has 5 nitrogen and oxygen atoms in total. The Hall–Kier alpha value is -2.14. The monoisotopic (exact) mass is 274 g/mol. The minimum atomic E-state index is -0.213. The molecule has 0 saturated heterocycles. The maximum Gasteiger partial charge on any atom is 0.305 e. The van der Waals surface area contributed by atoms with Crippen LogP contribution < -0.4 is 10.9 Å². The van der Waals surface area contributed by atoms with Crippen LogP contribution in [0.15, 0.2) is 35.1 Å². The molecule has 0 unspecified atom stereocenters. The van der Waals surface area contributed by atoms with Crippen molar-refractivity contribution in [3.63, 3.8) is 0 Å². The van der Waals surface area contributed by atoms with Crippen LogP contribution in [0.3, 0.4) is 0 Å².